The maximum absolute atomic E-state index is 5.23. The molecule has 6 heteroatoms. The molecule has 0 spiro atoms. The SMILES string of the molecule is Cc1ncc(-c2n[nH]c(=S)n2C2CC2)s1. The van der Waals surface area contributed by atoms with E-state index < -0.39 is 0 Å². The summed E-state index contributed by atoms with van der Waals surface area (Å²) in [5, 5.41) is 8.19. The van der Waals surface area contributed by atoms with Gasteiger partial charge in [0, 0.05) is 12.2 Å². The number of rotatable bonds is 2. The van der Waals surface area contributed by atoms with Crippen LogP contribution in [0.2, 0.25) is 0 Å². The van der Waals surface area contributed by atoms with Gasteiger partial charge in [-0.3, -0.25) is 9.67 Å². The molecule has 0 bridgehead atoms. The monoisotopic (exact) mass is 238 g/mol. The minimum Gasteiger partial charge on any atom is -0.296 e. The van der Waals surface area contributed by atoms with Gasteiger partial charge in [-0.15, -0.1) is 11.3 Å². The van der Waals surface area contributed by atoms with E-state index in [9.17, 15) is 0 Å². The van der Waals surface area contributed by atoms with E-state index in [1.54, 1.807) is 11.3 Å². The third kappa shape index (κ3) is 1.53. The molecule has 2 heterocycles. The van der Waals surface area contributed by atoms with Crippen LogP contribution in [0.5, 0.6) is 0 Å². The highest BCUT2D eigenvalue weighted by Gasteiger charge is 2.28. The van der Waals surface area contributed by atoms with Crippen molar-refractivity contribution in [2.24, 2.45) is 0 Å². The Kier molecular flexibility index (Phi) is 2.00. The molecule has 0 atom stereocenters. The minimum absolute atomic E-state index is 0.550. The molecular weight excluding hydrogens is 228 g/mol. The summed E-state index contributed by atoms with van der Waals surface area (Å²) in [5.41, 5.74) is 0. The molecule has 1 saturated carbocycles. The highest BCUT2D eigenvalue weighted by molar-refractivity contribution is 7.71. The standard InChI is InChI=1S/C9H10N4S2/c1-5-10-4-7(15-5)8-11-12-9(14)13(8)6-2-3-6/h4,6H,2-3H2,1H3,(H,12,14). The third-order valence-electron chi connectivity index (χ3n) is 2.46. The summed E-state index contributed by atoms with van der Waals surface area (Å²) in [7, 11) is 0. The van der Waals surface area contributed by atoms with E-state index in [2.05, 4.69) is 19.7 Å². The predicted octanol–water partition coefficient (Wildman–Crippen LogP) is 2.71. The van der Waals surface area contributed by atoms with Gasteiger partial charge in [-0.2, -0.15) is 5.10 Å². The van der Waals surface area contributed by atoms with Crippen LogP contribution >= 0.6 is 23.6 Å². The molecule has 0 aromatic carbocycles. The Balaban J connectivity index is 2.15. The fourth-order valence-corrected chi connectivity index (χ4v) is 2.66. The number of nitrogens with one attached hydrogen (secondary N) is 1. The lowest BCUT2D eigenvalue weighted by molar-refractivity contribution is 0.736. The van der Waals surface area contributed by atoms with Crippen LogP contribution in [0.3, 0.4) is 0 Å². The van der Waals surface area contributed by atoms with E-state index in [4.69, 9.17) is 12.2 Å². The Bertz CT molecular complexity index is 546. The molecule has 3 rings (SSSR count). The molecule has 0 saturated heterocycles. The van der Waals surface area contributed by atoms with Gasteiger partial charge >= 0.3 is 0 Å². The minimum atomic E-state index is 0.550. The quantitative estimate of drug-likeness (QED) is 0.818. The van der Waals surface area contributed by atoms with Gasteiger partial charge in [0.1, 0.15) is 0 Å². The van der Waals surface area contributed by atoms with Crippen LogP contribution in [-0.2, 0) is 0 Å². The van der Waals surface area contributed by atoms with Crippen molar-refractivity contribution >= 4 is 23.6 Å². The van der Waals surface area contributed by atoms with Gasteiger partial charge < -0.3 is 0 Å². The van der Waals surface area contributed by atoms with Gasteiger partial charge in [0.15, 0.2) is 10.6 Å². The van der Waals surface area contributed by atoms with Crippen LogP contribution in [0.25, 0.3) is 10.7 Å². The Morgan fingerprint density at radius 2 is 2.40 bits per heavy atom. The highest BCUT2D eigenvalue weighted by Crippen LogP contribution is 2.38. The van der Waals surface area contributed by atoms with Crippen molar-refractivity contribution in [2.75, 3.05) is 0 Å². The molecule has 0 radical (unpaired) electrons. The maximum atomic E-state index is 5.23. The Labute approximate surface area is 96.0 Å². The Morgan fingerprint density at radius 3 is 3.00 bits per heavy atom. The van der Waals surface area contributed by atoms with Gasteiger partial charge in [0.2, 0.25) is 0 Å². The van der Waals surface area contributed by atoms with E-state index in [1.165, 1.54) is 12.8 Å². The van der Waals surface area contributed by atoms with Crippen molar-refractivity contribution in [3.8, 4) is 10.7 Å². The lowest BCUT2D eigenvalue weighted by Crippen LogP contribution is -1.96. The van der Waals surface area contributed by atoms with Crippen LogP contribution in [-0.4, -0.2) is 19.7 Å². The Hall–Kier alpha value is -1.01. The molecule has 0 amide bonds. The lowest BCUT2D eigenvalue weighted by atomic mass is 10.5. The topological polar surface area (TPSA) is 46.5 Å². The second kappa shape index (κ2) is 3.24. The molecule has 1 aliphatic carbocycles. The van der Waals surface area contributed by atoms with Crippen LogP contribution in [0.1, 0.15) is 23.9 Å². The van der Waals surface area contributed by atoms with Crippen LogP contribution in [0.4, 0.5) is 0 Å². The number of thiazole rings is 1. The number of nitrogens with zero attached hydrogens (tertiary/aromatic N) is 3. The average molecular weight is 238 g/mol. The van der Waals surface area contributed by atoms with Crippen LogP contribution < -0.4 is 0 Å². The van der Waals surface area contributed by atoms with Gasteiger partial charge in [0.25, 0.3) is 0 Å². The van der Waals surface area contributed by atoms with Crippen molar-refractivity contribution in [3.05, 3.63) is 16.0 Å². The maximum Gasteiger partial charge on any atom is 0.195 e. The van der Waals surface area contributed by atoms with Crippen molar-refractivity contribution in [1.29, 1.82) is 0 Å². The molecule has 1 fully saturated rings. The predicted molar refractivity (Wildman–Crippen MR) is 61.5 cm³/mol. The van der Waals surface area contributed by atoms with Gasteiger partial charge in [-0.25, -0.2) is 4.98 Å². The summed E-state index contributed by atoms with van der Waals surface area (Å²) in [6, 6.07) is 0.550. The van der Waals surface area contributed by atoms with E-state index in [-0.39, 0.29) is 0 Å². The number of aryl methyl sites for hydroxylation is 1. The smallest absolute Gasteiger partial charge is 0.195 e. The molecule has 4 nitrogen and oxygen atoms in total. The van der Waals surface area contributed by atoms with Crippen LogP contribution in [0.15, 0.2) is 6.20 Å². The molecule has 2 aromatic heterocycles. The number of hydrogen-bond donors (Lipinski definition) is 1. The van der Waals surface area contributed by atoms with Crippen molar-refractivity contribution in [1.82, 2.24) is 19.7 Å². The molecule has 78 valence electrons. The first kappa shape index (κ1) is 9.23. The summed E-state index contributed by atoms with van der Waals surface area (Å²) in [5.74, 6) is 0.938. The number of aromatic nitrogens is 4. The second-order valence-corrected chi connectivity index (χ2v) is 5.32. The molecule has 15 heavy (non-hydrogen) atoms. The number of hydrogen-bond acceptors (Lipinski definition) is 4. The van der Waals surface area contributed by atoms with E-state index in [0.29, 0.717) is 6.04 Å². The molecule has 1 aliphatic rings. The average Bonchev–Trinajstić information content (AvgIpc) is 2.84. The van der Waals surface area contributed by atoms with Crippen molar-refractivity contribution < 1.29 is 0 Å². The zero-order valence-electron chi connectivity index (χ0n) is 8.23. The summed E-state index contributed by atoms with van der Waals surface area (Å²) in [4.78, 5) is 5.33. The zero-order chi connectivity index (χ0) is 10.4. The number of aromatic amines is 1. The molecule has 1 N–H and O–H groups in total. The normalized spacial score (nSPS) is 15.8. The lowest BCUT2D eigenvalue weighted by Gasteiger charge is -2.00. The fraction of sp³-hybridized carbons (Fsp3) is 0.444. The number of H-pyrrole nitrogens is 1. The third-order valence-corrected chi connectivity index (χ3v) is 3.65. The Morgan fingerprint density at radius 1 is 1.60 bits per heavy atom. The van der Waals surface area contributed by atoms with E-state index in [1.807, 2.05) is 13.1 Å². The van der Waals surface area contributed by atoms with Gasteiger partial charge in [0.05, 0.1) is 9.88 Å². The van der Waals surface area contributed by atoms with Crippen LogP contribution in [0, 0.1) is 11.7 Å². The molecule has 0 aliphatic heterocycles. The zero-order valence-corrected chi connectivity index (χ0v) is 9.86. The first-order valence-corrected chi connectivity index (χ1v) is 6.08. The van der Waals surface area contributed by atoms with Crippen molar-refractivity contribution in [2.45, 2.75) is 25.8 Å². The summed E-state index contributed by atoms with van der Waals surface area (Å²) in [6.45, 7) is 2.00. The summed E-state index contributed by atoms with van der Waals surface area (Å²) in [6.07, 6.45) is 4.28. The largest absolute Gasteiger partial charge is 0.296 e. The molecule has 2 aromatic rings. The van der Waals surface area contributed by atoms with Gasteiger partial charge in [-0.05, 0) is 32.0 Å². The van der Waals surface area contributed by atoms with E-state index >= 15 is 0 Å². The highest BCUT2D eigenvalue weighted by atomic mass is 32.1. The van der Waals surface area contributed by atoms with Gasteiger partial charge in [-0.1, -0.05) is 0 Å². The van der Waals surface area contributed by atoms with Crippen molar-refractivity contribution in [3.63, 3.8) is 0 Å². The first-order valence-electron chi connectivity index (χ1n) is 4.85. The van der Waals surface area contributed by atoms with E-state index in [0.717, 1.165) is 20.5 Å². The summed E-state index contributed by atoms with van der Waals surface area (Å²) >= 11 is 6.88. The fourth-order valence-electron chi connectivity index (χ4n) is 1.61. The summed E-state index contributed by atoms with van der Waals surface area (Å²) < 4.78 is 2.83. The first-order chi connectivity index (χ1) is 7.25. The second-order valence-electron chi connectivity index (χ2n) is 3.70. The molecular formula is C9H10N4S2. The molecule has 0 unspecified atom stereocenters.